The molecule has 1 saturated heterocycles. The van der Waals surface area contributed by atoms with Crippen LogP contribution >= 0.6 is 11.3 Å². The fraction of sp³-hybridized carbons (Fsp3) is 0.375. The number of carbonyl (C=O) groups is 1. The number of hydrogen-bond acceptors (Lipinski definition) is 9. The average Bonchev–Trinajstić information content (AvgIpc) is 3.76. The molecule has 7 rings (SSSR count). The van der Waals surface area contributed by atoms with Crippen LogP contribution in [0.2, 0.25) is 0 Å². The van der Waals surface area contributed by atoms with Gasteiger partial charge in [-0.25, -0.2) is 4.98 Å². The lowest BCUT2D eigenvalue weighted by Gasteiger charge is -2.27. The first-order valence-corrected chi connectivity index (χ1v) is 15.6. The minimum atomic E-state index is -0.0283. The van der Waals surface area contributed by atoms with E-state index >= 15 is 0 Å². The van der Waals surface area contributed by atoms with Crippen molar-refractivity contribution in [3.8, 4) is 11.1 Å². The molecule has 43 heavy (non-hydrogen) atoms. The molecular formula is C32H34N6O4S. The zero-order chi connectivity index (χ0) is 29.7. The van der Waals surface area contributed by atoms with E-state index in [0.29, 0.717) is 54.1 Å². The SMILES string of the molecule is Cc1cc(Nc2ncc3cc(C(=O)N(C)C)n(C4CCCC4)c3n2)ccc1-c1csc2c(=O)cc(N3CCOCC3)oc12. The van der Waals surface area contributed by atoms with Crippen molar-refractivity contribution >= 4 is 56.1 Å². The average molecular weight is 599 g/mol. The normalized spacial score (nSPS) is 15.9. The molecule has 5 heterocycles. The van der Waals surface area contributed by atoms with Crippen molar-refractivity contribution in [3.63, 3.8) is 0 Å². The van der Waals surface area contributed by atoms with Gasteiger partial charge in [0.15, 0.2) is 11.5 Å². The summed E-state index contributed by atoms with van der Waals surface area (Å²) in [6.45, 7) is 4.66. The molecule has 2 fully saturated rings. The van der Waals surface area contributed by atoms with E-state index in [4.69, 9.17) is 14.1 Å². The van der Waals surface area contributed by atoms with Gasteiger partial charge < -0.3 is 28.8 Å². The molecule has 0 spiro atoms. The van der Waals surface area contributed by atoms with E-state index in [2.05, 4.69) is 19.8 Å². The topological polar surface area (TPSA) is 106 Å². The molecule has 10 nitrogen and oxygen atoms in total. The van der Waals surface area contributed by atoms with Crippen LogP contribution in [0.3, 0.4) is 0 Å². The van der Waals surface area contributed by atoms with Crippen molar-refractivity contribution in [2.75, 3.05) is 50.6 Å². The highest BCUT2D eigenvalue weighted by molar-refractivity contribution is 7.17. The highest BCUT2D eigenvalue weighted by Gasteiger charge is 2.27. The van der Waals surface area contributed by atoms with Crippen molar-refractivity contribution in [3.05, 3.63) is 63.4 Å². The second-order valence-electron chi connectivity index (χ2n) is 11.5. The molecule has 1 amide bonds. The van der Waals surface area contributed by atoms with Crippen LogP contribution in [0.25, 0.3) is 32.4 Å². The second-order valence-corrected chi connectivity index (χ2v) is 12.4. The van der Waals surface area contributed by atoms with Crippen LogP contribution in [0, 0.1) is 6.92 Å². The second kappa shape index (κ2) is 11.1. The first kappa shape index (κ1) is 27.6. The maximum absolute atomic E-state index is 13.0. The Hall–Kier alpha value is -4.22. The molecule has 1 aliphatic heterocycles. The minimum Gasteiger partial charge on any atom is -0.439 e. The Morgan fingerprint density at radius 2 is 1.88 bits per heavy atom. The standard InChI is InChI=1S/C32H34N6O4S/c1-19-14-21(8-9-23(19)24-18-43-29-26(39)16-27(42-28(24)29)37-10-12-41-13-11-37)34-32-33-17-20-15-25(31(40)36(2)3)38(30(20)35-32)22-6-4-5-7-22/h8-9,14-18,22H,4-7,10-13H2,1-3H3,(H,33,34,35). The molecule has 1 N–H and O–H groups in total. The number of benzene rings is 1. The lowest BCUT2D eigenvalue weighted by atomic mass is 10.0. The molecule has 5 aromatic rings. The quantitative estimate of drug-likeness (QED) is 0.255. The summed E-state index contributed by atoms with van der Waals surface area (Å²) in [7, 11) is 3.55. The van der Waals surface area contributed by atoms with Gasteiger partial charge in [0.2, 0.25) is 11.4 Å². The predicted molar refractivity (Wildman–Crippen MR) is 170 cm³/mol. The molecule has 0 radical (unpaired) electrons. The fourth-order valence-electron chi connectivity index (χ4n) is 6.22. The Labute approximate surface area is 252 Å². The van der Waals surface area contributed by atoms with E-state index in [0.717, 1.165) is 59.1 Å². The van der Waals surface area contributed by atoms with Crippen LogP contribution in [-0.2, 0) is 4.74 Å². The third-order valence-corrected chi connectivity index (χ3v) is 9.39. The summed E-state index contributed by atoms with van der Waals surface area (Å²) in [6.07, 6.45) is 6.17. The van der Waals surface area contributed by atoms with Crippen LogP contribution in [0.1, 0.15) is 47.8 Å². The maximum Gasteiger partial charge on any atom is 0.270 e. The maximum atomic E-state index is 13.0. The van der Waals surface area contributed by atoms with E-state index in [-0.39, 0.29) is 17.4 Å². The number of hydrogen-bond donors (Lipinski definition) is 1. The largest absolute Gasteiger partial charge is 0.439 e. The number of morpholine rings is 1. The van der Waals surface area contributed by atoms with Gasteiger partial charge in [-0.05, 0) is 49.1 Å². The number of thiophene rings is 1. The summed E-state index contributed by atoms with van der Waals surface area (Å²) in [5.74, 6) is 1.03. The molecule has 1 aromatic carbocycles. The Morgan fingerprint density at radius 1 is 1.09 bits per heavy atom. The van der Waals surface area contributed by atoms with Gasteiger partial charge in [-0.3, -0.25) is 9.59 Å². The predicted octanol–water partition coefficient (Wildman–Crippen LogP) is 5.97. The number of aromatic nitrogens is 3. The smallest absolute Gasteiger partial charge is 0.270 e. The minimum absolute atomic E-state index is 0.0275. The van der Waals surface area contributed by atoms with E-state index in [1.807, 2.05) is 36.6 Å². The molecule has 4 aromatic heterocycles. The molecule has 1 saturated carbocycles. The lowest BCUT2D eigenvalue weighted by molar-refractivity contribution is 0.0815. The van der Waals surface area contributed by atoms with Crippen LogP contribution in [-0.4, -0.2) is 65.7 Å². The first-order chi connectivity index (χ1) is 20.9. The van der Waals surface area contributed by atoms with Crippen LogP contribution in [0.5, 0.6) is 0 Å². The van der Waals surface area contributed by atoms with Gasteiger partial charge in [0.05, 0.1) is 13.2 Å². The number of ether oxygens (including phenoxy) is 1. The highest BCUT2D eigenvalue weighted by atomic mass is 32.1. The van der Waals surface area contributed by atoms with E-state index < -0.39 is 0 Å². The van der Waals surface area contributed by atoms with Gasteiger partial charge in [0, 0.05) is 67.5 Å². The Morgan fingerprint density at radius 3 is 2.63 bits per heavy atom. The molecule has 11 heteroatoms. The number of amides is 1. The zero-order valence-corrected chi connectivity index (χ0v) is 25.4. The summed E-state index contributed by atoms with van der Waals surface area (Å²) in [4.78, 5) is 39.1. The van der Waals surface area contributed by atoms with Crippen molar-refractivity contribution < 1.29 is 13.9 Å². The van der Waals surface area contributed by atoms with Gasteiger partial charge in [-0.2, -0.15) is 4.98 Å². The van der Waals surface area contributed by atoms with Crippen molar-refractivity contribution in [1.29, 1.82) is 0 Å². The van der Waals surface area contributed by atoms with E-state index in [1.165, 1.54) is 11.3 Å². The summed E-state index contributed by atoms with van der Waals surface area (Å²) < 4.78 is 14.5. The zero-order valence-electron chi connectivity index (χ0n) is 24.6. The summed E-state index contributed by atoms with van der Waals surface area (Å²) in [6, 6.07) is 9.83. The highest BCUT2D eigenvalue weighted by Crippen LogP contribution is 2.38. The molecule has 1 aliphatic carbocycles. The third kappa shape index (κ3) is 5.06. The van der Waals surface area contributed by atoms with Gasteiger partial charge >= 0.3 is 0 Å². The van der Waals surface area contributed by atoms with Crippen molar-refractivity contribution in [2.45, 2.75) is 38.6 Å². The Bertz CT molecular complexity index is 1900. The Balaban J connectivity index is 1.21. The number of anilines is 3. The van der Waals surface area contributed by atoms with Gasteiger partial charge in [0.25, 0.3) is 5.91 Å². The molecule has 0 unspecified atom stereocenters. The van der Waals surface area contributed by atoms with Gasteiger partial charge in [0.1, 0.15) is 16.0 Å². The van der Waals surface area contributed by atoms with Gasteiger partial charge in [-0.1, -0.05) is 18.9 Å². The molecule has 2 aliphatic rings. The molecule has 222 valence electrons. The molecular weight excluding hydrogens is 564 g/mol. The number of aryl methyl sites for hydroxylation is 1. The number of fused-ring (bicyclic) bond motifs is 2. The van der Waals surface area contributed by atoms with E-state index in [1.54, 1.807) is 31.3 Å². The lowest BCUT2D eigenvalue weighted by Crippen LogP contribution is -2.36. The number of rotatable bonds is 6. The fourth-order valence-corrected chi connectivity index (χ4v) is 7.13. The number of carbonyl (C=O) groups excluding carboxylic acids is 1. The molecule has 0 bridgehead atoms. The van der Waals surface area contributed by atoms with Gasteiger partial charge in [-0.15, -0.1) is 11.3 Å². The number of nitrogens with one attached hydrogen (secondary N) is 1. The third-order valence-electron chi connectivity index (χ3n) is 8.42. The number of nitrogens with zero attached hydrogens (tertiary/aromatic N) is 5. The van der Waals surface area contributed by atoms with Crippen LogP contribution < -0.4 is 15.6 Å². The van der Waals surface area contributed by atoms with Crippen LogP contribution in [0.15, 0.2) is 51.1 Å². The molecule has 0 atom stereocenters. The van der Waals surface area contributed by atoms with Crippen molar-refractivity contribution in [1.82, 2.24) is 19.4 Å². The van der Waals surface area contributed by atoms with Crippen LogP contribution in [0.4, 0.5) is 17.5 Å². The Kier molecular flexibility index (Phi) is 7.14. The van der Waals surface area contributed by atoms with E-state index in [9.17, 15) is 9.59 Å². The van der Waals surface area contributed by atoms with Crippen molar-refractivity contribution in [2.24, 2.45) is 0 Å². The summed E-state index contributed by atoms with van der Waals surface area (Å²) >= 11 is 1.41. The summed E-state index contributed by atoms with van der Waals surface area (Å²) in [5.41, 5.74) is 5.80. The monoisotopic (exact) mass is 598 g/mol. The first-order valence-electron chi connectivity index (χ1n) is 14.7. The summed E-state index contributed by atoms with van der Waals surface area (Å²) in [5, 5.41) is 6.22.